The van der Waals surface area contributed by atoms with Gasteiger partial charge in [0.15, 0.2) is 0 Å². The molecule has 0 bridgehead atoms. The van der Waals surface area contributed by atoms with Crippen molar-refractivity contribution in [2.45, 2.75) is 26.3 Å². The molecule has 5 nitrogen and oxygen atoms in total. The van der Waals surface area contributed by atoms with E-state index in [1.165, 1.54) is 12.8 Å². The van der Waals surface area contributed by atoms with Gasteiger partial charge in [-0.05, 0) is 49.6 Å². The van der Waals surface area contributed by atoms with Crippen molar-refractivity contribution in [3.63, 3.8) is 0 Å². The third kappa shape index (κ3) is 3.42. The highest BCUT2D eigenvalue weighted by molar-refractivity contribution is 5.53. The monoisotopic (exact) mass is 287 g/mol. The second-order valence-corrected chi connectivity index (χ2v) is 5.71. The molecule has 1 aliphatic heterocycles. The van der Waals surface area contributed by atoms with Crippen LogP contribution >= 0.6 is 0 Å². The SMILES string of the molecule is COc1ccc(-c2nnc(CN3CCCC(C)C3)o2)cc1. The Balaban J connectivity index is 1.67. The van der Waals surface area contributed by atoms with E-state index in [0.29, 0.717) is 11.8 Å². The summed E-state index contributed by atoms with van der Waals surface area (Å²) in [7, 11) is 1.65. The van der Waals surface area contributed by atoms with Gasteiger partial charge in [0.2, 0.25) is 11.8 Å². The van der Waals surface area contributed by atoms with Crippen molar-refractivity contribution < 1.29 is 9.15 Å². The number of nitrogens with zero attached hydrogens (tertiary/aromatic N) is 3. The Kier molecular flexibility index (Phi) is 4.20. The second kappa shape index (κ2) is 6.26. The van der Waals surface area contributed by atoms with Crippen LogP contribution in [0.5, 0.6) is 5.75 Å². The second-order valence-electron chi connectivity index (χ2n) is 5.71. The molecule has 0 spiro atoms. The van der Waals surface area contributed by atoms with Crippen LogP contribution in [0.4, 0.5) is 0 Å². The third-order valence-electron chi connectivity index (χ3n) is 3.90. The molecule has 1 fully saturated rings. The highest BCUT2D eigenvalue weighted by Gasteiger charge is 2.19. The van der Waals surface area contributed by atoms with Crippen LogP contribution in [0, 0.1) is 5.92 Å². The van der Waals surface area contributed by atoms with Crippen molar-refractivity contribution >= 4 is 0 Å². The maximum atomic E-state index is 5.78. The van der Waals surface area contributed by atoms with E-state index in [0.717, 1.165) is 36.9 Å². The standard InChI is InChI=1S/C16H21N3O2/c1-12-4-3-9-19(10-12)11-15-17-18-16(21-15)13-5-7-14(20-2)8-6-13/h5-8,12H,3-4,9-11H2,1-2H3. The molecule has 112 valence electrons. The molecule has 0 radical (unpaired) electrons. The van der Waals surface area contributed by atoms with Gasteiger partial charge in [-0.15, -0.1) is 10.2 Å². The van der Waals surface area contributed by atoms with Gasteiger partial charge in [0.05, 0.1) is 13.7 Å². The summed E-state index contributed by atoms with van der Waals surface area (Å²) in [6, 6.07) is 7.65. The first-order valence-corrected chi connectivity index (χ1v) is 7.44. The van der Waals surface area contributed by atoms with Crippen LogP contribution in [0.1, 0.15) is 25.7 Å². The number of aromatic nitrogens is 2. The van der Waals surface area contributed by atoms with Gasteiger partial charge >= 0.3 is 0 Å². The van der Waals surface area contributed by atoms with Crippen LogP contribution in [0.3, 0.4) is 0 Å². The topological polar surface area (TPSA) is 51.4 Å². The van der Waals surface area contributed by atoms with E-state index in [1.54, 1.807) is 7.11 Å². The number of benzene rings is 1. The van der Waals surface area contributed by atoms with Crippen molar-refractivity contribution in [3.8, 4) is 17.2 Å². The molecule has 0 amide bonds. The lowest BCUT2D eigenvalue weighted by molar-refractivity contribution is 0.163. The molecule has 1 aromatic carbocycles. The largest absolute Gasteiger partial charge is 0.497 e. The van der Waals surface area contributed by atoms with Gasteiger partial charge in [-0.1, -0.05) is 6.92 Å². The predicted molar refractivity (Wildman–Crippen MR) is 80.0 cm³/mol. The first kappa shape index (κ1) is 14.1. The van der Waals surface area contributed by atoms with Crippen LogP contribution in [0.15, 0.2) is 28.7 Å². The maximum Gasteiger partial charge on any atom is 0.247 e. The lowest BCUT2D eigenvalue weighted by Gasteiger charge is -2.29. The molecule has 1 unspecified atom stereocenters. The third-order valence-corrected chi connectivity index (χ3v) is 3.90. The Labute approximate surface area is 124 Å². The molecular formula is C16H21N3O2. The minimum atomic E-state index is 0.567. The first-order chi connectivity index (χ1) is 10.2. The van der Waals surface area contributed by atoms with Gasteiger partial charge in [0.1, 0.15) is 5.75 Å². The van der Waals surface area contributed by atoms with Crippen molar-refractivity contribution in [1.82, 2.24) is 15.1 Å². The van der Waals surface area contributed by atoms with Crippen molar-refractivity contribution in [2.24, 2.45) is 5.92 Å². The van der Waals surface area contributed by atoms with Crippen molar-refractivity contribution in [3.05, 3.63) is 30.2 Å². The molecule has 21 heavy (non-hydrogen) atoms. The molecule has 0 saturated carbocycles. The van der Waals surface area contributed by atoms with Gasteiger partial charge in [-0.2, -0.15) is 0 Å². The van der Waals surface area contributed by atoms with Crippen LogP contribution in [0.2, 0.25) is 0 Å². The fourth-order valence-electron chi connectivity index (χ4n) is 2.79. The van der Waals surface area contributed by atoms with E-state index in [2.05, 4.69) is 22.0 Å². The van der Waals surface area contributed by atoms with E-state index in [4.69, 9.17) is 9.15 Å². The molecule has 1 saturated heterocycles. The summed E-state index contributed by atoms with van der Waals surface area (Å²) in [5.74, 6) is 2.83. The minimum absolute atomic E-state index is 0.567. The molecule has 1 aliphatic rings. The Morgan fingerprint density at radius 3 is 2.81 bits per heavy atom. The number of hydrogen-bond donors (Lipinski definition) is 0. The van der Waals surface area contributed by atoms with E-state index >= 15 is 0 Å². The number of hydrogen-bond acceptors (Lipinski definition) is 5. The number of ether oxygens (including phenoxy) is 1. The lowest BCUT2D eigenvalue weighted by atomic mass is 10.0. The smallest absolute Gasteiger partial charge is 0.247 e. The molecular weight excluding hydrogens is 266 g/mol. The molecule has 1 aromatic heterocycles. The number of likely N-dealkylation sites (tertiary alicyclic amines) is 1. The minimum Gasteiger partial charge on any atom is -0.497 e. The summed E-state index contributed by atoms with van der Waals surface area (Å²) in [5.41, 5.74) is 0.918. The summed E-state index contributed by atoms with van der Waals surface area (Å²) in [4.78, 5) is 2.39. The van der Waals surface area contributed by atoms with E-state index in [-0.39, 0.29) is 0 Å². The first-order valence-electron chi connectivity index (χ1n) is 7.44. The molecule has 0 aliphatic carbocycles. The van der Waals surface area contributed by atoms with Gasteiger partial charge in [0, 0.05) is 12.1 Å². The van der Waals surface area contributed by atoms with E-state index in [1.807, 2.05) is 24.3 Å². The average Bonchev–Trinajstić information content (AvgIpc) is 2.96. The number of piperidine rings is 1. The summed E-state index contributed by atoms with van der Waals surface area (Å²) in [5, 5.41) is 8.31. The summed E-state index contributed by atoms with van der Waals surface area (Å²) in [6.45, 7) is 5.26. The van der Waals surface area contributed by atoms with E-state index < -0.39 is 0 Å². The summed E-state index contributed by atoms with van der Waals surface area (Å²) in [6.07, 6.45) is 2.57. The van der Waals surface area contributed by atoms with Crippen molar-refractivity contribution in [2.75, 3.05) is 20.2 Å². The zero-order valence-corrected chi connectivity index (χ0v) is 12.6. The number of methoxy groups -OCH3 is 1. The molecule has 1 atom stereocenters. The zero-order valence-electron chi connectivity index (χ0n) is 12.6. The average molecular weight is 287 g/mol. The van der Waals surface area contributed by atoms with Crippen LogP contribution in [-0.2, 0) is 6.54 Å². The fraction of sp³-hybridized carbons (Fsp3) is 0.500. The molecule has 2 aromatic rings. The summed E-state index contributed by atoms with van der Waals surface area (Å²) < 4.78 is 10.9. The fourth-order valence-corrected chi connectivity index (χ4v) is 2.79. The Morgan fingerprint density at radius 1 is 1.29 bits per heavy atom. The normalized spacial score (nSPS) is 19.6. The highest BCUT2D eigenvalue weighted by atomic mass is 16.5. The predicted octanol–water partition coefficient (Wildman–Crippen LogP) is 2.98. The highest BCUT2D eigenvalue weighted by Crippen LogP contribution is 2.22. The lowest BCUT2D eigenvalue weighted by Crippen LogP contribution is -2.33. The van der Waals surface area contributed by atoms with Gasteiger partial charge < -0.3 is 9.15 Å². The van der Waals surface area contributed by atoms with Crippen molar-refractivity contribution in [1.29, 1.82) is 0 Å². The molecule has 2 heterocycles. The Morgan fingerprint density at radius 2 is 2.10 bits per heavy atom. The molecule has 3 rings (SSSR count). The zero-order chi connectivity index (χ0) is 14.7. The van der Waals surface area contributed by atoms with Crippen LogP contribution in [0.25, 0.3) is 11.5 Å². The van der Waals surface area contributed by atoms with Crippen LogP contribution in [-0.4, -0.2) is 35.3 Å². The van der Waals surface area contributed by atoms with E-state index in [9.17, 15) is 0 Å². The molecule has 5 heteroatoms. The van der Waals surface area contributed by atoms with Gasteiger partial charge in [-0.25, -0.2) is 0 Å². The van der Waals surface area contributed by atoms with Crippen LogP contribution < -0.4 is 4.74 Å². The quantitative estimate of drug-likeness (QED) is 0.865. The summed E-state index contributed by atoms with van der Waals surface area (Å²) >= 11 is 0. The maximum absolute atomic E-state index is 5.78. The Hall–Kier alpha value is -1.88. The Bertz CT molecular complexity index is 579. The van der Waals surface area contributed by atoms with Gasteiger partial charge in [0.25, 0.3) is 0 Å². The number of rotatable bonds is 4. The molecule has 0 N–H and O–H groups in total. The van der Waals surface area contributed by atoms with Gasteiger partial charge in [-0.3, -0.25) is 4.90 Å².